The Morgan fingerprint density at radius 1 is 0.867 bits per heavy atom. The molecule has 0 atom stereocenters. The Kier molecular flexibility index (Phi) is 4.48. The van der Waals surface area contributed by atoms with E-state index >= 15 is 0 Å². The summed E-state index contributed by atoms with van der Waals surface area (Å²) in [7, 11) is 1.68. The van der Waals surface area contributed by atoms with Gasteiger partial charge in [-0.15, -0.1) is 0 Å². The molecule has 0 radical (unpaired) electrons. The Hall–Kier alpha value is -3.64. The molecule has 0 saturated heterocycles. The summed E-state index contributed by atoms with van der Waals surface area (Å²) < 4.78 is 10.3. The van der Waals surface area contributed by atoms with Gasteiger partial charge in [0.2, 0.25) is 0 Å². The molecule has 5 nitrogen and oxygen atoms in total. The van der Waals surface area contributed by atoms with Gasteiger partial charge in [0.25, 0.3) is 0 Å². The molecule has 0 saturated carbocycles. The standard InChI is InChI=1S/C24H20N4OS/c1-16-22(23-25-26-24(30)28(23)18-11-7-4-8-12-18)20-15-19(29-2)13-14-21(20)27(16)17-9-5-3-6-10-17/h3-15H,1-2H3,(H,26,30). The summed E-state index contributed by atoms with van der Waals surface area (Å²) in [6, 6.07) is 26.5. The zero-order valence-electron chi connectivity index (χ0n) is 16.7. The van der Waals surface area contributed by atoms with E-state index in [1.807, 2.05) is 59.2 Å². The van der Waals surface area contributed by atoms with Crippen molar-refractivity contribution in [3.8, 4) is 28.5 Å². The lowest BCUT2D eigenvalue weighted by Crippen LogP contribution is -2.00. The topological polar surface area (TPSA) is 47.8 Å². The number of aromatic amines is 1. The molecule has 1 N–H and O–H groups in total. The molecule has 0 amide bonds. The molecule has 3 aromatic carbocycles. The van der Waals surface area contributed by atoms with E-state index in [-0.39, 0.29) is 0 Å². The van der Waals surface area contributed by atoms with Crippen LogP contribution in [0, 0.1) is 11.7 Å². The summed E-state index contributed by atoms with van der Waals surface area (Å²) in [4.78, 5) is 0. The van der Waals surface area contributed by atoms with Gasteiger partial charge in [0.1, 0.15) is 5.75 Å². The van der Waals surface area contributed by atoms with Crippen LogP contribution in [0.25, 0.3) is 33.7 Å². The summed E-state index contributed by atoms with van der Waals surface area (Å²) in [5.74, 6) is 1.57. The molecule has 0 spiro atoms. The van der Waals surface area contributed by atoms with Crippen LogP contribution in [0.2, 0.25) is 0 Å². The number of hydrogen-bond acceptors (Lipinski definition) is 3. The Bertz CT molecular complexity index is 1400. The van der Waals surface area contributed by atoms with Gasteiger partial charge in [-0.2, -0.15) is 5.10 Å². The maximum absolute atomic E-state index is 5.58. The fourth-order valence-corrected chi connectivity index (χ4v) is 4.24. The maximum atomic E-state index is 5.58. The second kappa shape index (κ2) is 7.31. The van der Waals surface area contributed by atoms with Crippen LogP contribution in [-0.4, -0.2) is 26.4 Å². The molecule has 0 aliphatic carbocycles. The van der Waals surface area contributed by atoms with Gasteiger partial charge in [-0.05, 0) is 61.6 Å². The minimum atomic E-state index is 0.555. The zero-order chi connectivity index (χ0) is 20.7. The van der Waals surface area contributed by atoms with Crippen LogP contribution >= 0.6 is 12.2 Å². The van der Waals surface area contributed by atoms with E-state index in [0.717, 1.165) is 45.1 Å². The number of nitrogens with one attached hydrogen (secondary N) is 1. The number of methoxy groups -OCH3 is 1. The van der Waals surface area contributed by atoms with Crippen molar-refractivity contribution in [2.45, 2.75) is 6.92 Å². The first-order valence-corrected chi connectivity index (χ1v) is 10.1. The predicted molar refractivity (Wildman–Crippen MR) is 122 cm³/mol. The van der Waals surface area contributed by atoms with Crippen molar-refractivity contribution in [3.05, 3.63) is 89.3 Å². The number of hydrogen-bond donors (Lipinski definition) is 1. The number of benzene rings is 3. The third-order valence-electron chi connectivity index (χ3n) is 5.34. The molecule has 0 unspecified atom stereocenters. The van der Waals surface area contributed by atoms with Gasteiger partial charge in [-0.25, -0.2) is 0 Å². The van der Waals surface area contributed by atoms with Crippen LogP contribution in [0.3, 0.4) is 0 Å². The van der Waals surface area contributed by atoms with Gasteiger partial charge in [0.05, 0.1) is 12.6 Å². The van der Waals surface area contributed by atoms with Crippen LogP contribution in [0.4, 0.5) is 0 Å². The van der Waals surface area contributed by atoms with Crippen molar-refractivity contribution >= 4 is 23.1 Å². The van der Waals surface area contributed by atoms with Crippen LogP contribution < -0.4 is 4.74 Å². The van der Waals surface area contributed by atoms with Crippen molar-refractivity contribution in [2.75, 3.05) is 7.11 Å². The molecular formula is C24H20N4OS. The molecule has 30 heavy (non-hydrogen) atoms. The number of aromatic nitrogens is 4. The molecule has 2 heterocycles. The maximum Gasteiger partial charge on any atom is 0.200 e. The number of ether oxygens (including phenoxy) is 1. The van der Waals surface area contributed by atoms with E-state index < -0.39 is 0 Å². The average molecular weight is 413 g/mol. The molecule has 5 aromatic rings. The smallest absolute Gasteiger partial charge is 0.200 e. The fourth-order valence-electron chi connectivity index (χ4n) is 4.00. The van der Waals surface area contributed by atoms with E-state index in [1.54, 1.807) is 7.11 Å². The normalized spacial score (nSPS) is 11.1. The molecule has 0 aliphatic rings. The fraction of sp³-hybridized carbons (Fsp3) is 0.0833. The molecule has 0 aliphatic heterocycles. The van der Waals surface area contributed by atoms with Crippen LogP contribution in [-0.2, 0) is 0 Å². The van der Waals surface area contributed by atoms with E-state index in [2.05, 4.69) is 46.0 Å². The quantitative estimate of drug-likeness (QED) is 0.376. The molecule has 5 rings (SSSR count). The van der Waals surface area contributed by atoms with Crippen molar-refractivity contribution in [1.82, 2.24) is 19.3 Å². The highest BCUT2D eigenvalue weighted by molar-refractivity contribution is 7.71. The van der Waals surface area contributed by atoms with Crippen LogP contribution in [0.5, 0.6) is 5.75 Å². The third-order valence-corrected chi connectivity index (χ3v) is 5.61. The Balaban J connectivity index is 1.88. The van der Waals surface area contributed by atoms with E-state index in [0.29, 0.717) is 4.77 Å². The molecule has 2 aromatic heterocycles. The number of rotatable bonds is 4. The lowest BCUT2D eigenvalue weighted by atomic mass is 10.1. The zero-order valence-corrected chi connectivity index (χ0v) is 17.5. The van der Waals surface area contributed by atoms with Gasteiger partial charge in [-0.1, -0.05) is 36.4 Å². The van der Waals surface area contributed by atoms with Gasteiger partial charge in [0.15, 0.2) is 10.6 Å². The minimum absolute atomic E-state index is 0.555. The Morgan fingerprint density at radius 3 is 2.13 bits per heavy atom. The largest absolute Gasteiger partial charge is 0.497 e. The summed E-state index contributed by atoms with van der Waals surface area (Å²) in [6.45, 7) is 2.11. The molecule has 0 fully saturated rings. The van der Waals surface area contributed by atoms with Crippen molar-refractivity contribution < 1.29 is 4.74 Å². The van der Waals surface area contributed by atoms with E-state index in [1.165, 1.54) is 0 Å². The highest BCUT2D eigenvalue weighted by Crippen LogP contribution is 2.38. The molecule has 0 bridgehead atoms. The molecule has 6 heteroatoms. The summed E-state index contributed by atoms with van der Waals surface area (Å²) in [5, 5.41) is 8.66. The van der Waals surface area contributed by atoms with Crippen LogP contribution in [0.1, 0.15) is 5.69 Å². The third kappa shape index (κ3) is 2.84. The second-order valence-electron chi connectivity index (χ2n) is 7.04. The van der Waals surface area contributed by atoms with Crippen molar-refractivity contribution in [1.29, 1.82) is 0 Å². The Morgan fingerprint density at radius 2 is 1.50 bits per heavy atom. The number of para-hydroxylation sites is 2. The summed E-state index contributed by atoms with van der Waals surface area (Å²) in [5.41, 5.74) is 5.24. The molecule has 148 valence electrons. The first-order valence-electron chi connectivity index (χ1n) is 9.66. The van der Waals surface area contributed by atoms with Crippen molar-refractivity contribution in [3.63, 3.8) is 0 Å². The monoisotopic (exact) mass is 412 g/mol. The average Bonchev–Trinajstić information content (AvgIpc) is 3.30. The lowest BCUT2D eigenvalue weighted by molar-refractivity contribution is 0.415. The van der Waals surface area contributed by atoms with Gasteiger partial charge >= 0.3 is 0 Å². The summed E-state index contributed by atoms with van der Waals surface area (Å²) in [6.07, 6.45) is 0. The lowest BCUT2D eigenvalue weighted by Gasteiger charge is -2.09. The predicted octanol–water partition coefficient (Wildman–Crippen LogP) is 5.86. The van der Waals surface area contributed by atoms with E-state index in [4.69, 9.17) is 17.0 Å². The highest BCUT2D eigenvalue weighted by atomic mass is 32.1. The van der Waals surface area contributed by atoms with Gasteiger partial charge in [-0.3, -0.25) is 9.67 Å². The van der Waals surface area contributed by atoms with Gasteiger partial charge in [0, 0.05) is 28.0 Å². The second-order valence-corrected chi connectivity index (χ2v) is 7.42. The molecular weight excluding hydrogens is 392 g/mol. The summed E-state index contributed by atoms with van der Waals surface area (Å²) >= 11 is 5.58. The minimum Gasteiger partial charge on any atom is -0.497 e. The SMILES string of the molecule is COc1ccc2c(c1)c(-c1n[nH]c(=S)n1-c1ccccc1)c(C)n2-c1ccccc1. The number of H-pyrrole nitrogens is 1. The first-order chi connectivity index (χ1) is 14.7. The Labute approximate surface area is 179 Å². The van der Waals surface area contributed by atoms with Crippen molar-refractivity contribution in [2.24, 2.45) is 0 Å². The highest BCUT2D eigenvalue weighted by Gasteiger charge is 2.22. The van der Waals surface area contributed by atoms with Gasteiger partial charge < -0.3 is 9.30 Å². The number of nitrogens with zero attached hydrogens (tertiary/aromatic N) is 3. The number of fused-ring (bicyclic) bond motifs is 1. The van der Waals surface area contributed by atoms with Crippen LogP contribution in [0.15, 0.2) is 78.9 Å². The van der Waals surface area contributed by atoms with E-state index in [9.17, 15) is 0 Å². The first kappa shape index (κ1) is 18.4.